The Morgan fingerprint density at radius 1 is 1.40 bits per heavy atom. The molecule has 2 atom stereocenters. The lowest BCUT2D eigenvalue weighted by atomic mass is 9.93. The van der Waals surface area contributed by atoms with Gasteiger partial charge in [-0.25, -0.2) is 4.98 Å². The van der Waals surface area contributed by atoms with Gasteiger partial charge in [-0.05, 0) is 44.1 Å². The first-order valence-corrected chi connectivity index (χ1v) is 7.92. The summed E-state index contributed by atoms with van der Waals surface area (Å²) >= 11 is 12.3. The summed E-state index contributed by atoms with van der Waals surface area (Å²) < 4.78 is 2.31. The Balaban J connectivity index is 2.11. The van der Waals surface area contributed by atoms with Crippen molar-refractivity contribution in [1.82, 2.24) is 14.5 Å². The van der Waals surface area contributed by atoms with Gasteiger partial charge in [0.1, 0.15) is 5.82 Å². The van der Waals surface area contributed by atoms with Crippen LogP contribution in [0.5, 0.6) is 0 Å². The molecule has 1 fully saturated rings. The van der Waals surface area contributed by atoms with Crippen molar-refractivity contribution in [2.24, 2.45) is 5.92 Å². The topological polar surface area (TPSA) is 21.1 Å². The number of alkyl halides is 1. The second-order valence-corrected chi connectivity index (χ2v) is 6.46. The average Bonchev–Trinajstić information content (AvgIpc) is 2.76. The molecule has 0 N–H and O–H groups in total. The van der Waals surface area contributed by atoms with Crippen LogP contribution in [-0.2, 0) is 5.88 Å². The molecule has 0 radical (unpaired) electrons. The Kier molecular flexibility index (Phi) is 3.93. The van der Waals surface area contributed by atoms with Gasteiger partial charge in [0, 0.05) is 17.6 Å². The molecule has 1 aliphatic heterocycles. The number of fused-ring (bicyclic) bond motifs is 1. The minimum atomic E-state index is 0.436. The van der Waals surface area contributed by atoms with Crippen LogP contribution in [0.1, 0.15) is 25.2 Å². The normalized spacial score (nSPS) is 24.4. The van der Waals surface area contributed by atoms with E-state index in [0.717, 1.165) is 41.4 Å². The average molecular weight is 312 g/mol. The van der Waals surface area contributed by atoms with Gasteiger partial charge in [-0.1, -0.05) is 18.5 Å². The standard InChI is InChI=1S/C15H19Cl2N3/c1-10-9-19(2)6-5-13(10)20-14-7-11(17)3-4-12(14)18-15(20)8-16/h3-4,7,10,13H,5-6,8-9H2,1-2H3. The van der Waals surface area contributed by atoms with Crippen LogP contribution in [0.4, 0.5) is 0 Å². The molecule has 108 valence electrons. The molecular weight excluding hydrogens is 293 g/mol. The number of imidazole rings is 1. The fourth-order valence-electron chi connectivity index (χ4n) is 3.31. The highest BCUT2D eigenvalue weighted by molar-refractivity contribution is 6.31. The van der Waals surface area contributed by atoms with Crippen molar-refractivity contribution < 1.29 is 0 Å². The molecule has 2 unspecified atom stereocenters. The zero-order valence-electron chi connectivity index (χ0n) is 11.8. The quantitative estimate of drug-likeness (QED) is 0.783. The highest BCUT2D eigenvalue weighted by Gasteiger charge is 2.28. The Morgan fingerprint density at radius 3 is 2.90 bits per heavy atom. The maximum atomic E-state index is 6.16. The number of nitrogens with zero attached hydrogens (tertiary/aromatic N) is 3. The lowest BCUT2D eigenvalue weighted by Crippen LogP contribution is -2.38. The van der Waals surface area contributed by atoms with Crippen molar-refractivity contribution in [3.63, 3.8) is 0 Å². The maximum absolute atomic E-state index is 6.16. The van der Waals surface area contributed by atoms with Crippen molar-refractivity contribution in [2.45, 2.75) is 25.3 Å². The second-order valence-electron chi connectivity index (χ2n) is 5.76. The number of benzene rings is 1. The van der Waals surface area contributed by atoms with Crippen molar-refractivity contribution in [3.8, 4) is 0 Å². The highest BCUT2D eigenvalue weighted by atomic mass is 35.5. The molecule has 2 heterocycles. The molecule has 3 nitrogen and oxygen atoms in total. The van der Waals surface area contributed by atoms with Gasteiger partial charge in [-0.15, -0.1) is 11.6 Å². The molecule has 2 aromatic rings. The van der Waals surface area contributed by atoms with E-state index in [9.17, 15) is 0 Å². The zero-order valence-corrected chi connectivity index (χ0v) is 13.3. The van der Waals surface area contributed by atoms with Gasteiger partial charge in [0.25, 0.3) is 0 Å². The van der Waals surface area contributed by atoms with Crippen LogP contribution in [0.3, 0.4) is 0 Å². The molecule has 0 bridgehead atoms. The molecule has 0 aliphatic carbocycles. The van der Waals surface area contributed by atoms with E-state index >= 15 is 0 Å². The summed E-state index contributed by atoms with van der Waals surface area (Å²) in [5, 5.41) is 0.750. The summed E-state index contributed by atoms with van der Waals surface area (Å²) in [7, 11) is 2.18. The monoisotopic (exact) mass is 311 g/mol. The lowest BCUT2D eigenvalue weighted by molar-refractivity contribution is 0.160. The molecule has 1 saturated heterocycles. The Bertz CT molecular complexity index is 623. The van der Waals surface area contributed by atoms with Gasteiger partial charge >= 0.3 is 0 Å². The van der Waals surface area contributed by atoms with Crippen molar-refractivity contribution in [1.29, 1.82) is 0 Å². The summed E-state index contributed by atoms with van der Waals surface area (Å²) in [6.45, 7) is 4.51. The van der Waals surface area contributed by atoms with Gasteiger partial charge in [0.2, 0.25) is 0 Å². The van der Waals surface area contributed by atoms with E-state index in [1.807, 2.05) is 18.2 Å². The predicted molar refractivity (Wildman–Crippen MR) is 84.6 cm³/mol. The van der Waals surface area contributed by atoms with Crippen molar-refractivity contribution >= 4 is 34.2 Å². The summed E-state index contributed by atoms with van der Waals surface area (Å²) in [5.41, 5.74) is 2.09. The van der Waals surface area contributed by atoms with E-state index < -0.39 is 0 Å². The number of piperidine rings is 1. The van der Waals surface area contributed by atoms with Crippen LogP contribution < -0.4 is 0 Å². The van der Waals surface area contributed by atoms with Crippen LogP contribution in [0.25, 0.3) is 11.0 Å². The molecule has 1 aliphatic rings. The minimum Gasteiger partial charge on any atom is -0.323 e. The minimum absolute atomic E-state index is 0.436. The van der Waals surface area contributed by atoms with Crippen LogP contribution >= 0.6 is 23.2 Å². The molecule has 3 rings (SSSR count). The number of likely N-dealkylation sites (tertiary alicyclic amines) is 1. The maximum Gasteiger partial charge on any atom is 0.125 e. The third-order valence-corrected chi connectivity index (χ3v) is 4.71. The smallest absolute Gasteiger partial charge is 0.125 e. The van der Waals surface area contributed by atoms with Crippen LogP contribution in [0, 0.1) is 5.92 Å². The Hall–Kier alpha value is -0.770. The molecule has 1 aromatic heterocycles. The van der Waals surface area contributed by atoms with E-state index in [2.05, 4.69) is 28.4 Å². The summed E-state index contributed by atoms with van der Waals surface area (Å²) in [4.78, 5) is 7.04. The summed E-state index contributed by atoms with van der Waals surface area (Å²) in [6.07, 6.45) is 1.12. The lowest BCUT2D eigenvalue weighted by Gasteiger charge is -2.36. The number of rotatable bonds is 2. The van der Waals surface area contributed by atoms with E-state index in [4.69, 9.17) is 23.2 Å². The summed E-state index contributed by atoms with van der Waals surface area (Å²) in [5.74, 6) is 1.96. The van der Waals surface area contributed by atoms with E-state index in [-0.39, 0.29) is 0 Å². The largest absolute Gasteiger partial charge is 0.323 e. The number of hydrogen-bond acceptors (Lipinski definition) is 2. The Morgan fingerprint density at radius 2 is 2.20 bits per heavy atom. The Labute approximate surface area is 129 Å². The molecule has 0 saturated carbocycles. The highest BCUT2D eigenvalue weighted by Crippen LogP contribution is 2.33. The van der Waals surface area contributed by atoms with Crippen LogP contribution in [0.2, 0.25) is 5.02 Å². The molecule has 0 spiro atoms. The third-order valence-electron chi connectivity index (χ3n) is 4.24. The van der Waals surface area contributed by atoms with E-state index in [1.54, 1.807) is 0 Å². The van der Waals surface area contributed by atoms with E-state index in [0.29, 0.717) is 17.8 Å². The van der Waals surface area contributed by atoms with Crippen molar-refractivity contribution in [3.05, 3.63) is 29.0 Å². The fourth-order valence-corrected chi connectivity index (χ4v) is 3.66. The van der Waals surface area contributed by atoms with Gasteiger partial charge < -0.3 is 9.47 Å². The van der Waals surface area contributed by atoms with Crippen molar-refractivity contribution in [2.75, 3.05) is 20.1 Å². The SMILES string of the molecule is CC1CN(C)CCC1n1c(CCl)nc2ccc(Cl)cc21. The first-order chi connectivity index (χ1) is 9.60. The van der Waals surface area contributed by atoms with E-state index in [1.165, 1.54) is 0 Å². The predicted octanol–water partition coefficient (Wildman–Crippen LogP) is 3.94. The molecule has 0 amide bonds. The number of aromatic nitrogens is 2. The molecule has 5 heteroatoms. The first-order valence-electron chi connectivity index (χ1n) is 7.01. The van der Waals surface area contributed by atoms with Gasteiger partial charge in [0.15, 0.2) is 0 Å². The van der Waals surface area contributed by atoms with Gasteiger partial charge in [0.05, 0.1) is 16.9 Å². The fraction of sp³-hybridized carbons (Fsp3) is 0.533. The first kappa shape index (κ1) is 14.2. The molecule has 20 heavy (non-hydrogen) atoms. The van der Waals surface area contributed by atoms with Crippen LogP contribution in [-0.4, -0.2) is 34.6 Å². The van der Waals surface area contributed by atoms with Crippen LogP contribution in [0.15, 0.2) is 18.2 Å². The second kappa shape index (κ2) is 5.55. The zero-order chi connectivity index (χ0) is 14.3. The number of hydrogen-bond donors (Lipinski definition) is 0. The number of halogens is 2. The summed E-state index contributed by atoms with van der Waals surface area (Å²) in [6, 6.07) is 6.31. The molecule has 1 aromatic carbocycles. The van der Waals surface area contributed by atoms with Gasteiger partial charge in [-0.2, -0.15) is 0 Å². The third kappa shape index (κ3) is 2.43. The molecular formula is C15H19Cl2N3. The van der Waals surface area contributed by atoms with Gasteiger partial charge in [-0.3, -0.25) is 0 Å².